The predicted octanol–water partition coefficient (Wildman–Crippen LogP) is 3.70. The van der Waals surface area contributed by atoms with Gasteiger partial charge in [-0.1, -0.05) is 37.6 Å². The molecule has 0 aromatic heterocycles. The van der Waals surface area contributed by atoms with Crippen molar-refractivity contribution in [2.75, 3.05) is 0 Å². The highest BCUT2D eigenvalue weighted by Gasteiger charge is 1.88. The number of hydrogen-bond donors (Lipinski definition) is 0. The van der Waals surface area contributed by atoms with Gasteiger partial charge in [0.05, 0.1) is 0 Å². The average Bonchev–Trinajstić information content (AvgIpc) is 2.21. The minimum Gasteiger partial charge on any atom is -0.0879 e. The van der Waals surface area contributed by atoms with Crippen molar-refractivity contribution in [1.82, 2.24) is 0 Å². The Balaban J connectivity index is 0.000000371. The highest BCUT2D eigenvalue weighted by Crippen LogP contribution is 2.08. The average molecular weight is 138 g/mol. The number of allylic oxidation sites excluding steroid dienone is 4. The van der Waals surface area contributed by atoms with Crippen LogP contribution in [-0.2, 0) is 0 Å². The molecule has 0 fully saturated rings. The topological polar surface area (TPSA) is 0 Å². The van der Waals surface area contributed by atoms with Crippen molar-refractivity contribution in [2.45, 2.75) is 40.0 Å². The minimum atomic E-state index is 1.17. The summed E-state index contributed by atoms with van der Waals surface area (Å²) in [5.74, 6) is 0. The summed E-state index contributed by atoms with van der Waals surface area (Å²) < 4.78 is 0. The summed E-state index contributed by atoms with van der Waals surface area (Å²) in [7, 11) is 0. The van der Waals surface area contributed by atoms with Crippen LogP contribution in [0.1, 0.15) is 40.0 Å². The van der Waals surface area contributed by atoms with Crippen LogP contribution in [-0.4, -0.2) is 0 Å². The highest BCUT2D eigenvalue weighted by molar-refractivity contribution is 5.07. The van der Waals surface area contributed by atoms with Crippen LogP contribution in [0.15, 0.2) is 23.8 Å². The molecule has 10 heavy (non-hydrogen) atoms. The number of hydrogen-bond acceptors (Lipinski definition) is 0. The smallest absolute Gasteiger partial charge is 0.0142 e. The lowest BCUT2D eigenvalue weighted by Crippen LogP contribution is -1.67. The lowest BCUT2D eigenvalue weighted by molar-refractivity contribution is 1.05. The molecule has 0 nitrogen and oxygen atoms in total. The first-order valence-corrected chi connectivity index (χ1v) is 4.20. The van der Waals surface area contributed by atoms with E-state index in [9.17, 15) is 0 Å². The van der Waals surface area contributed by atoms with E-state index in [1.165, 1.54) is 24.8 Å². The van der Waals surface area contributed by atoms with Gasteiger partial charge in [0.1, 0.15) is 0 Å². The van der Waals surface area contributed by atoms with Crippen LogP contribution >= 0.6 is 0 Å². The molecule has 0 bridgehead atoms. The molecular weight excluding hydrogens is 120 g/mol. The first-order valence-electron chi connectivity index (χ1n) is 4.20. The van der Waals surface area contributed by atoms with Crippen LogP contribution in [0.25, 0.3) is 0 Å². The maximum atomic E-state index is 2.32. The van der Waals surface area contributed by atoms with Crippen molar-refractivity contribution in [1.29, 1.82) is 0 Å². The van der Waals surface area contributed by atoms with Gasteiger partial charge in [0, 0.05) is 0 Å². The van der Waals surface area contributed by atoms with Crippen LogP contribution in [0.2, 0.25) is 0 Å². The molecule has 0 saturated heterocycles. The fourth-order valence-corrected chi connectivity index (χ4v) is 0.896. The zero-order chi connectivity index (χ0) is 7.82. The van der Waals surface area contributed by atoms with Gasteiger partial charge in [0.2, 0.25) is 0 Å². The van der Waals surface area contributed by atoms with Gasteiger partial charge in [0.25, 0.3) is 0 Å². The SMILES string of the molecule is CC.CC1=CCCC=CC1. The molecule has 58 valence electrons. The van der Waals surface area contributed by atoms with Crippen LogP contribution in [0.3, 0.4) is 0 Å². The summed E-state index contributed by atoms with van der Waals surface area (Å²) in [6.07, 6.45) is 10.5. The van der Waals surface area contributed by atoms with E-state index in [1.54, 1.807) is 0 Å². The van der Waals surface area contributed by atoms with Crippen LogP contribution in [0.5, 0.6) is 0 Å². The molecule has 0 aromatic carbocycles. The molecule has 0 N–H and O–H groups in total. The molecule has 0 unspecified atom stereocenters. The molecule has 0 aromatic rings. The highest BCUT2D eigenvalue weighted by atomic mass is 13.9. The van der Waals surface area contributed by atoms with Crippen molar-refractivity contribution in [2.24, 2.45) is 0 Å². The summed E-state index contributed by atoms with van der Waals surface area (Å²) in [6, 6.07) is 0. The molecule has 0 saturated carbocycles. The molecular formula is C10H18. The minimum absolute atomic E-state index is 1.17. The van der Waals surface area contributed by atoms with Crippen LogP contribution < -0.4 is 0 Å². The molecule has 1 aliphatic carbocycles. The molecule has 0 amide bonds. The summed E-state index contributed by atoms with van der Waals surface area (Å²) in [6.45, 7) is 6.19. The lowest BCUT2D eigenvalue weighted by Gasteiger charge is -1.87. The molecule has 0 aliphatic heterocycles. The Morgan fingerprint density at radius 3 is 2.50 bits per heavy atom. The third-order valence-corrected chi connectivity index (χ3v) is 1.43. The monoisotopic (exact) mass is 138 g/mol. The number of rotatable bonds is 0. The Hall–Kier alpha value is -0.520. The Morgan fingerprint density at radius 2 is 1.80 bits per heavy atom. The van der Waals surface area contributed by atoms with E-state index in [2.05, 4.69) is 25.2 Å². The second-order valence-electron chi connectivity index (χ2n) is 2.30. The first kappa shape index (κ1) is 9.48. The Kier molecular flexibility index (Phi) is 6.25. The van der Waals surface area contributed by atoms with E-state index in [4.69, 9.17) is 0 Å². The van der Waals surface area contributed by atoms with Gasteiger partial charge < -0.3 is 0 Å². The van der Waals surface area contributed by atoms with Crippen molar-refractivity contribution < 1.29 is 0 Å². The first-order chi connectivity index (χ1) is 4.89. The largest absolute Gasteiger partial charge is 0.0879 e. The fraction of sp³-hybridized carbons (Fsp3) is 0.600. The quantitative estimate of drug-likeness (QED) is 0.448. The van der Waals surface area contributed by atoms with Crippen molar-refractivity contribution in [3.8, 4) is 0 Å². The van der Waals surface area contributed by atoms with E-state index in [1.807, 2.05) is 13.8 Å². The van der Waals surface area contributed by atoms with Gasteiger partial charge in [-0.25, -0.2) is 0 Å². The fourth-order valence-electron chi connectivity index (χ4n) is 0.896. The molecule has 0 spiro atoms. The van der Waals surface area contributed by atoms with Gasteiger partial charge in [0.15, 0.2) is 0 Å². The molecule has 0 atom stereocenters. The Bertz CT molecular complexity index is 118. The zero-order valence-corrected chi connectivity index (χ0v) is 7.35. The third-order valence-electron chi connectivity index (χ3n) is 1.43. The van der Waals surface area contributed by atoms with E-state index < -0.39 is 0 Å². The van der Waals surface area contributed by atoms with Crippen molar-refractivity contribution in [3.05, 3.63) is 23.8 Å². The third kappa shape index (κ3) is 4.37. The van der Waals surface area contributed by atoms with Gasteiger partial charge in [-0.15, -0.1) is 0 Å². The second-order valence-corrected chi connectivity index (χ2v) is 2.30. The summed E-state index contributed by atoms with van der Waals surface area (Å²) in [4.78, 5) is 0. The predicted molar refractivity (Wildman–Crippen MR) is 48.1 cm³/mol. The van der Waals surface area contributed by atoms with Gasteiger partial charge in [-0.2, -0.15) is 0 Å². The molecule has 0 heteroatoms. The van der Waals surface area contributed by atoms with Crippen LogP contribution in [0.4, 0.5) is 0 Å². The van der Waals surface area contributed by atoms with Crippen molar-refractivity contribution in [3.63, 3.8) is 0 Å². The molecule has 1 rings (SSSR count). The van der Waals surface area contributed by atoms with E-state index in [-0.39, 0.29) is 0 Å². The maximum absolute atomic E-state index is 2.32. The van der Waals surface area contributed by atoms with E-state index in [0.717, 1.165) is 0 Å². The maximum Gasteiger partial charge on any atom is -0.0142 e. The van der Waals surface area contributed by atoms with Crippen LogP contribution in [0, 0.1) is 0 Å². The second kappa shape index (κ2) is 6.60. The van der Waals surface area contributed by atoms with Gasteiger partial charge >= 0.3 is 0 Å². The Morgan fingerprint density at radius 1 is 1.10 bits per heavy atom. The van der Waals surface area contributed by atoms with Crippen molar-refractivity contribution >= 4 is 0 Å². The molecule has 1 aliphatic rings. The summed E-state index contributed by atoms with van der Waals surface area (Å²) in [5.41, 5.74) is 1.51. The summed E-state index contributed by atoms with van der Waals surface area (Å²) >= 11 is 0. The lowest BCUT2D eigenvalue weighted by atomic mass is 10.2. The zero-order valence-electron chi connectivity index (χ0n) is 7.35. The van der Waals surface area contributed by atoms with E-state index >= 15 is 0 Å². The summed E-state index contributed by atoms with van der Waals surface area (Å²) in [5, 5.41) is 0. The van der Waals surface area contributed by atoms with Gasteiger partial charge in [-0.05, 0) is 26.2 Å². The molecule has 0 heterocycles. The van der Waals surface area contributed by atoms with E-state index in [0.29, 0.717) is 0 Å². The normalized spacial score (nSPS) is 16.5. The molecule has 0 radical (unpaired) electrons. The Labute approximate surface area is 64.6 Å². The standard InChI is InChI=1S/C8H12.C2H6/c1-8-6-4-2-3-5-7-8;1-2/h2,4,7H,3,5-6H2,1H3;1-2H3. The van der Waals surface area contributed by atoms with Gasteiger partial charge in [-0.3, -0.25) is 0 Å².